The molecule has 0 aliphatic rings. The normalized spacial score (nSPS) is 12.9. The van der Waals surface area contributed by atoms with Crippen LogP contribution in [0.1, 0.15) is 49.8 Å². The van der Waals surface area contributed by atoms with Gasteiger partial charge in [0.05, 0.1) is 0 Å². The Morgan fingerprint density at radius 2 is 2.00 bits per heavy atom. The van der Waals surface area contributed by atoms with Crippen LogP contribution >= 0.6 is 0 Å². The van der Waals surface area contributed by atoms with E-state index >= 15 is 0 Å². The van der Waals surface area contributed by atoms with Gasteiger partial charge in [-0.05, 0) is 35.4 Å². The van der Waals surface area contributed by atoms with E-state index in [2.05, 4.69) is 39.0 Å². The second-order valence-corrected chi connectivity index (χ2v) is 3.90. The molecule has 0 aliphatic heterocycles. The van der Waals surface area contributed by atoms with Gasteiger partial charge in [0, 0.05) is 6.54 Å². The van der Waals surface area contributed by atoms with E-state index in [1.54, 1.807) is 0 Å². The monoisotopic (exact) mass is 191 g/mol. The molecule has 0 radical (unpaired) electrons. The molecule has 78 valence electrons. The summed E-state index contributed by atoms with van der Waals surface area (Å²) in [5, 5.41) is 0. The van der Waals surface area contributed by atoms with Gasteiger partial charge < -0.3 is 5.73 Å². The molecule has 1 unspecified atom stereocenters. The molecule has 0 aromatic heterocycles. The zero-order chi connectivity index (χ0) is 10.6. The Labute approximate surface area is 87.3 Å². The molecule has 1 rings (SSSR count). The van der Waals surface area contributed by atoms with E-state index in [9.17, 15) is 0 Å². The summed E-state index contributed by atoms with van der Waals surface area (Å²) in [6, 6.07) is 6.64. The first-order chi connectivity index (χ1) is 6.72. The molecule has 0 amide bonds. The van der Waals surface area contributed by atoms with Gasteiger partial charge >= 0.3 is 0 Å². The minimum atomic E-state index is 0.646. The Bertz CT molecular complexity index is 291. The van der Waals surface area contributed by atoms with Crippen molar-refractivity contribution in [3.63, 3.8) is 0 Å². The van der Waals surface area contributed by atoms with Crippen molar-refractivity contribution in [1.82, 2.24) is 0 Å². The predicted molar refractivity (Wildman–Crippen MR) is 62.4 cm³/mol. The van der Waals surface area contributed by atoms with Crippen molar-refractivity contribution in [2.75, 3.05) is 0 Å². The third-order valence-corrected chi connectivity index (χ3v) is 2.97. The highest BCUT2D eigenvalue weighted by Gasteiger charge is 2.08. The molecule has 1 nitrogen and oxygen atoms in total. The zero-order valence-corrected chi connectivity index (χ0v) is 9.51. The van der Waals surface area contributed by atoms with Gasteiger partial charge in [0.15, 0.2) is 0 Å². The van der Waals surface area contributed by atoms with Gasteiger partial charge in [0.25, 0.3) is 0 Å². The fourth-order valence-electron chi connectivity index (χ4n) is 1.77. The number of aryl methyl sites for hydroxylation is 1. The van der Waals surface area contributed by atoms with Crippen LogP contribution in [0.25, 0.3) is 0 Å². The molecule has 1 heteroatoms. The second kappa shape index (κ2) is 5.16. The Kier molecular flexibility index (Phi) is 4.15. The molecule has 0 spiro atoms. The second-order valence-electron chi connectivity index (χ2n) is 3.90. The Hall–Kier alpha value is -0.820. The lowest BCUT2D eigenvalue weighted by atomic mass is 9.91. The standard InChI is InChI=1S/C13H21N/c1-4-10(3)13-8-11(9-14)6-7-12(13)5-2/h6-8,10H,4-5,9,14H2,1-3H3. The average Bonchev–Trinajstić information content (AvgIpc) is 2.27. The molecule has 0 fully saturated rings. The van der Waals surface area contributed by atoms with Crippen LogP contribution in [0.3, 0.4) is 0 Å². The van der Waals surface area contributed by atoms with Crippen LogP contribution in [0.5, 0.6) is 0 Å². The van der Waals surface area contributed by atoms with Gasteiger partial charge in [0.2, 0.25) is 0 Å². The fourth-order valence-corrected chi connectivity index (χ4v) is 1.77. The first-order valence-electron chi connectivity index (χ1n) is 5.54. The number of hydrogen-bond donors (Lipinski definition) is 1. The smallest absolute Gasteiger partial charge is 0.0178 e. The average molecular weight is 191 g/mol. The van der Waals surface area contributed by atoms with Gasteiger partial charge in [-0.25, -0.2) is 0 Å². The van der Waals surface area contributed by atoms with Crippen LogP contribution in [-0.2, 0) is 13.0 Å². The maximum Gasteiger partial charge on any atom is 0.0178 e. The summed E-state index contributed by atoms with van der Waals surface area (Å²) in [5.74, 6) is 0.649. The Balaban J connectivity index is 3.08. The molecule has 0 heterocycles. The van der Waals surface area contributed by atoms with Crippen LogP contribution in [-0.4, -0.2) is 0 Å². The van der Waals surface area contributed by atoms with E-state index in [4.69, 9.17) is 5.73 Å². The van der Waals surface area contributed by atoms with Gasteiger partial charge in [0.1, 0.15) is 0 Å². The quantitative estimate of drug-likeness (QED) is 0.777. The minimum Gasteiger partial charge on any atom is -0.326 e. The fraction of sp³-hybridized carbons (Fsp3) is 0.538. The molecule has 1 aromatic carbocycles. The molecular formula is C13H21N. The third-order valence-electron chi connectivity index (χ3n) is 2.97. The lowest BCUT2D eigenvalue weighted by Gasteiger charge is -2.15. The molecule has 0 saturated carbocycles. The summed E-state index contributed by atoms with van der Waals surface area (Å²) >= 11 is 0. The van der Waals surface area contributed by atoms with E-state index in [-0.39, 0.29) is 0 Å². The van der Waals surface area contributed by atoms with Gasteiger partial charge in [-0.1, -0.05) is 39.0 Å². The number of hydrogen-bond acceptors (Lipinski definition) is 1. The van der Waals surface area contributed by atoms with E-state index in [1.807, 2.05) is 0 Å². The van der Waals surface area contributed by atoms with Crippen LogP contribution in [0.15, 0.2) is 18.2 Å². The van der Waals surface area contributed by atoms with Crippen molar-refractivity contribution in [3.05, 3.63) is 34.9 Å². The zero-order valence-electron chi connectivity index (χ0n) is 9.51. The highest BCUT2D eigenvalue weighted by Crippen LogP contribution is 2.24. The Morgan fingerprint density at radius 1 is 1.29 bits per heavy atom. The molecule has 1 atom stereocenters. The van der Waals surface area contributed by atoms with Crippen molar-refractivity contribution in [3.8, 4) is 0 Å². The summed E-state index contributed by atoms with van der Waals surface area (Å²) in [6.07, 6.45) is 2.31. The molecule has 14 heavy (non-hydrogen) atoms. The highest BCUT2D eigenvalue weighted by molar-refractivity contribution is 5.34. The van der Waals surface area contributed by atoms with Crippen LogP contribution in [0.4, 0.5) is 0 Å². The largest absolute Gasteiger partial charge is 0.326 e. The van der Waals surface area contributed by atoms with Crippen molar-refractivity contribution in [2.45, 2.75) is 46.1 Å². The van der Waals surface area contributed by atoms with Crippen molar-refractivity contribution in [1.29, 1.82) is 0 Å². The lowest BCUT2D eigenvalue weighted by Crippen LogP contribution is -2.02. The van der Waals surface area contributed by atoms with E-state index in [0.717, 1.165) is 6.42 Å². The summed E-state index contributed by atoms with van der Waals surface area (Å²) in [5.41, 5.74) is 9.85. The molecule has 0 bridgehead atoms. The first-order valence-corrected chi connectivity index (χ1v) is 5.54. The van der Waals surface area contributed by atoms with Gasteiger partial charge in [-0.3, -0.25) is 0 Å². The van der Waals surface area contributed by atoms with E-state index in [1.165, 1.54) is 23.1 Å². The molecule has 0 saturated heterocycles. The summed E-state index contributed by atoms with van der Waals surface area (Å²) in [4.78, 5) is 0. The maximum absolute atomic E-state index is 5.65. The Morgan fingerprint density at radius 3 is 2.50 bits per heavy atom. The maximum atomic E-state index is 5.65. The first kappa shape index (κ1) is 11.3. The lowest BCUT2D eigenvalue weighted by molar-refractivity contribution is 0.721. The highest BCUT2D eigenvalue weighted by atomic mass is 14.5. The number of benzene rings is 1. The van der Waals surface area contributed by atoms with E-state index < -0.39 is 0 Å². The topological polar surface area (TPSA) is 26.0 Å². The number of nitrogens with two attached hydrogens (primary N) is 1. The molecular weight excluding hydrogens is 170 g/mol. The third kappa shape index (κ3) is 2.36. The van der Waals surface area contributed by atoms with Crippen molar-refractivity contribution in [2.24, 2.45) is 5.73 Å². The summed E-state index contributed by atoms with van der Waals surface area (Å²) in [7, 11) is 0. The minimum absolute atomic E-state index is 0.646. The van der Waals surface area contributed by atoms with Crippen LogP contribution < -0.4 is 5.73 Å². The molecule has 2 N–H and O–H groups in total. The van der Waals surface area contributed by atoms with E-state index in [0.29, 0.717) is 12.5 Å². The van der Waals surface area contributed by atoms with Gasteiger partial charge in [-0.15, -0.1) is 0 Å². The molecule has 0 aliphatic carbocycles. The van der Waals surface area contributed by atoms with Gasteiger partial charge in [-0.2, -0.15) is 0 Å². The summed E-state index contributed by atoms with van der Waals surface area (Å²) in [6.45, 7) is 7.38. The SMILES string of the molecule is CCc1ccc(CN)cc1C(C)CC. The predicted octanol–water partition coefficient (Wildman–Crippen LogP) is 3.22. The van der Waals surface area contributed by atoms with Crippen LogP contribution in [0.2, 0.25) is 0 Å². The van der Waals surface area contributed by atoms with Crippen molar-refractivity contribution >= 4 is 0 Å². The summed E-state index contributed by atoms with van der Waals surface area (Å²) < 4.78 is 0. The number of rotatable bonds is 4. The van der Waals surface area contributed by atoms with Crippen LogP contribution in [0, 0.1) is 0 Å². The van der Waals surface area contributed by atoms with Crippen molar-refractivity contribution < 1.29 is 0 Å². The molecule has 1 aromatic rings.